The van der Waals surface area contributed by atoms with E-state index in [2.05, 4.69) is 194 Å². The molecule has 0 aliphatic heterocycles. The van der Waals surface area contributed by atoms with Crippen molar-refractivity contribution >= 4 is 86.1 Å². The smallest absolute Gasteiger partial charge is 0.164 e. The van der Waals surface area contributed by atoms with Crippen molar-refractivity contribution in [3.05, 3.63) is 200 Å². The zero-order valence-electron chi connectivity index (χ0n) is 32.8. The van der Waals surface area contributed by atoms with Gasteiger partial charge in [0.2, 0.25) is 0 Å². The Labute approximate surface area is 355 Å². The molecule has 0 saturated heterocycles. The van der Waals surface area contributed by atoms with Gasteiger partial charge in [0.25, 0.3) is 0 Å². The predicted molar refractivity (Wildman–Crippen MR) is 259 cm³/mol. The van der Waals surface area contributed by atoms with Gasteiger partial charge in [-0.1, -0.05) is 170 Å². The van der Waals surface area contributed by atoms with E-state index in [0.29, 0.717) is 17.5 Å². The summed E-state index contributed by atoms with van der Waals surface area (Å²) in [4.78, 5) is 17.1. The summed E-state index contributed by atoms with van der Waals surface area (Å²) >= 11 is 1.81. The average molecular weight is 792 g/mol. The highest BCUT2D eigenvalue weighted by Crippen LogP contribution is 2.44. The topological polar surface area (TPSA) is 38.7 Å². The van der Waals surface area contributed by atoms with Crippen LogP contribution in [-0.4, -0.2) is 15.0 Å². The number of nitrogens with zero attached hydrogens (tertiary/aromatic N) is 3. The van der Waals surface area contributed by atoms with Gasteiger partial charge in [0.15, 0.2) is 17.5 Å². The lowest BCUT2D eigenvalue weighted by Crippen LogP contribution is -2.00. The molecule has 0 fully saturated rings. The van der Waals surface area contributed by atoms with Gasteiger partial charge in [-0.25, -0.2) is 15.0 Å². The molecule has 0 aliphatic rings. The standard InChI is InChI=1S/C57H33N3S/c1-2-10-34(11-3-1)40-16-6-17-43(30-40)56-58-55(39-27-22-35(23-28-39)50-33-41-12-4-5-21-49(41)61-50)59-57(60-56)44-31-42-29-26-38-14-8-19-46-45-18-7-13-36-24-25-37-15-9-20-47(53(37)51(36)45)48(32-44)54(42)52(38)46/h1-33H. The lowest BCUT2D eigenvalue weighted by molar-refractivity contribution is 1.07. The first-order chi connectivity index (χ1) is 30.2. The number of fused-ring (bicyclic) bond motifs is 3. The molecule has 0 radical (unpaired) electrons. The fourth-order valence-electron chi connectivity index (χ4n) is 9.55. The Morgan fingerprint density at radius 2 is 0.754 bits per heavy atom. The van der Waals surface area contributed by atoms with Crippen molar-refractivity contribution in [3.8, 4) is 55.7 Å². The monoisotopic (exact) mass is 791 g/mol. The van der Waals surface area contributed by atoms with Gasteiger partial charge in [-0.3, -0.25) is 0 Å². The van der Waals surface area contributed by atoms with Crippen molar-refractivity contribution in [1.82, 2.24) is 15.0 Å². The molecule has 0 aliphatic carbocycles. The van der Waals surface area contributed by atoms with Crippen LogP contribution in [0.15, 0.2) is 200 Å². The van der Waals surface area contributed by atoms with Gasteiger partial charge in [-0.15, -0.1) is 11.3 Å². The Balaban J connectivity index is 1.07. The summed E-state index contributed by atoms with van der Waals surface area (Å²) in [5, 5.41) is 16.1. The number of rotatable bonds is 5. The van der Waals surface area contributed by atoms with Crippen LogP contribution in [0.2, 0.25) is 0 Å². The summed E-state index contributed by atoms with van der Waals surface area (Å²) < 4.78 is 1.29. The third-order valence-corrected chi connectivity index (χ3v) is 13.6. The van der Waals surface area contributed by atoms with Crippen molar-refractivity contribution in [2.45, 2.75) is 0 Å². The van der Waals surface area contributed by atoms with E-state index in [1.807, 2.05) is 17.4 Å². The molecule has 4 heteroatoms. The first-order valence-corrected chi connectivity index (χ1v) is 21.5. The van der Waals surface area contributed by atoms with E-state index in [4.69, 9.17) is 15.0 Å². The molecule has 2 heterocycles. The quantitative estimate of drug-likeness (QED) is 0.163. The molecular weight excluding hydrogens is 759 g/mol. The van der Waals surface area contributed by atoms with Crippen LogP contribution in [0, 0.1) is 0 Å². The van der Waals surface area contributed by atoms with Crippen LogP contribution in [0.1, 0.15) is 0 Å². The van der Waals surface area contributed by atoms with Crippen LogP contribution in [0.25, 0.3) is 130 Å². The molecule has 61 heavy (non-hydrogen) atoms. The summed E-state index contributed by atoms with van der Waals surface area (Å²) in [5.74, 6) is 1.91. The van der Waals surface area contributed by atoms with Crippen LogP contribution >= 0.6 is 11.3 Å². The Hall–Kier alpha value is -7.79. The Kier molecular flexibility index (Phi) is 7.47. The maximum absolute atomic E-state index is 5.33. The largest absolute Gasteiger partial charge is 0.208 e. The second-order valence-electron chi connectivity index (χ2n) is 15.9. The van der Waals surface area contributed by atoms with Crippen molar-refractivity contribution in [3.63, 3.8) is 0 Å². The Morgan fingerprint density at radius 3 is 1.43 bits per heavy atom. The van der Waals surface area contributed by atoms with E-state index in [-0.39, 0.29) is 0 Å². The van der Waals surface area contributed by atoms with E-state index in [0.717, 1.165) is 33.2 Å². The highest BCUT2D eigenvalue weighted by atomic mass is 32.1. The molecule has 0 unspecified atom stereocenters. The minimum absolute atomic E-state index is 0.635. The van der Waals surface area contributed by atoms with E-state index in [1.54, 1.807) is 0 Å². The molecule has 0 atom stereocenters. The molecule has 0 N–H and O–H groups in total. The summed E-state index contributed by atoms with van der Waals surface area (Å²) in [7, 11) is 0. The van der Waals surface area contributed by atoms with Gasteiger partial charge < -0.3 is 0 Å². The Bertz CT molecular complexity index is 3830. The lowest BCUT2D eigenvalue weighted by Gasteiger charge is -2.17. The highest BCUT2D eigenvalue weighted by Gasteiger charge is 2.19. The van der Waals surface area contributed by atoms with Crippen molar-refractivity contribution < 1.29 is 0 Å². The number of hydrogen-bond donors (Lipinski definition) is 0. The van der Waals surface area contributed by atoms with Gasteiger partial charge in [0.1, 0.15) is 0 Å². The van der Waals surface area contributed by atoms with Gasteiger partial charge in [0.05, 0.1) is 0 Å². The van der Waals surface area contributed by atoms with E-state index in [1.165, 1.54) is 79.8 Å². The zero-order chi connectivity index (χ0) is 40.0. The third kappa shape index (κ3) is 5.46. The molecule has 0 amide bonds. The van der Waals surface area contributed by atoms with Gasteiger partial charge in [0, 0.05) is 26.3 Å². The first-order valence-electron chi connectivity index (χ1n) is 20.7. The first kappa shape index (κ1) is 34.1. The molecule has 3 nitrogen and oxygen atoms in total. The van der Waals surface area contributed by atoms with Crippen LogP contribution in [-0.2, 0) is 0 Å². The van der Waals surface area contributed by atoms with Gasteiger partial charge in [-0.2, -0.15) is 0 Å². The summed E-state index contributed by atoms with van der Waals surface area (Å²) in [5.41, 5.74) is 6.26. The van der Waals surface area contributed by atoms with Crippen LogP contribution in [0.3, 0.4) is 0 Å². The molecule has 13 rings (SSSR count). The predicted octanol–water partition coefficient (Wildman–Crippen LogP) is 15.8. The van der Waals surface area contributed by atoms with Crippen LogP contribution in [0.4, 0.5) is 0 Å². The number of thiophene rings is 1. The fourth-order valence-corrected chi connectivity index (χ4v) is 10.6. The van der Waals surface area contributed by atoms with Gasteiger partial charge >= 0.3 is 0 Å². The molecule has 0 saturated carbocycles. The van der Waals surface area contributed by atoms with Crippen molar-refractivity contribution in [1.29, 1.82) is 0 Å². The Morgan fingerprint density at radius 1 is 0.262 bits per heavy atom. The van der Waals surface area contributed by atoms with E-state index >= 15 is 0 Å². The van der Waals surface area contributed by atoms with Crippen LogP contribution < -0.4 is 0 Å². The second-order valence-corrected chi connectivity index (χ2v) is 17.0. The third-order valence-electron chi connectivity index (χ3n) is 12.4. The maximum atomic E-state index is 5.33. The fraction of sp³-hybridized carbons (Fsp3) is 0. The van der Waals surface area contributed by atoms with E-state index in [9.17, 15) is 0 Å². The number of aromatic nitrogens is 3. The lowest BCUT2D eigenvalue weighted by atomic mass is 9.87. The molecule has 282 valence electrons. The van der Waals surface area contributed by atoms with Gasteiger partial charge in [-0.05, 0) is 117 Å². The summed E-state index contributed by atoms with van der Waals surface area (Å²) in [6.07, 6.45) is 0. The average Bonchev–Trinajstić information content (AvgIpc) is 3.77. The molecule has 2 aromatic heterocycles. The van der Waals surface area contributed by atoms with Crippen LogP contribution in [0.5, 0.6) is 0 Å². The van der Waals surface area contributed by atoms with Crippen molar-refractivity contribution in [2.24, 2.45) is 0 Å². The zero-order valence-corrected chi connectivity index (χ0v) is 33.6. The second kappa shape index (κ2) is 13.4. The molecule has 13 aromatic rings. The maximum Gasteiger partial charge on any atom is 0.164 e. The molecular formula is C57H33N3S. The highest BCUT2D eigenvalue weighted by molar-refractivity contribution is 7.22. The molecule has 0 bridgehead atoms. The number of benzene rings is 10. The summed E-state index contributed by atoms with van der Waals surface area (Å²) in [6.45, 7) is 0. The molecule has 11 aromatic carbocycles. The minimum atomic E-state index is 0.635. The number of hydrogen-bond acceptors (Lipinski definition) is 4. The molecule has 0 spiro atoms. The van der Waals surface area contributed by atoms with Crippen molar-refractivity contribution in [2.75, 3.05) is 0 Å². The minimum Gasteiger partial charge on any atom is -0.208 e. The van der Waals surface area contributed by atoms with E-state index < -0.39 is 0 Å². The normalized spacial score (nSPS) is 11.9. The summed E-state index contributed by atoms with van der Waals surface area (Å²) in [6, 6.07) is 72.4. The SMILES string of the molecule is c1ccc(-c2cccc(-c3nc(-c4ccc(-c5cc6ccccc6s5)cc4)nc(-c4cc5ccc6cccc7c8cccc9ccc%10cccc(c(c4)c5c67)c%10c98)n3)c2)cc1.